The fourth-order valence-electron chi connectivity index (χ4n) is 1.76. The van der Waals surface area contributed by atoms with Crippen LogP contribution in [0.1, 0.15) is 20.7 Å². The molecule has 0 amide bonds. The van der Waals surface area contributed by atoms with Gasteiger partial charge in [-0.2, -0.15) is 0 Å². The van der Waals surface area contributed by atoms with E-state index in [2.05, 4.69) is 0 Å². The van der Waals surface area contributed by atoms with E-state index < -0.39 is 10.8 Å². The monoisotopic (exact) mass is 286 g/mol. The summed E-state index contributed by atoms with van der Waals surface area (Å²) in [6, 6.07) is 17.4. The van der Waals surface area contributed by atoms with Crippen LogP contribution in [-0.4, -0.2) is 27.3 Å². The minimum Gasteiger partial charge on any atom is -0.293 e. The van der Waals surface area contributed by atoms with Gasteiger partial charge < -0.3 is 0 Å². The average Bonchev–Trinajstić information content (AvgIpc) is 2.49. The fraction of sp³-hybridized carbons (Fsp3) is 0.125. The zero-order valence-corrected chi connectivity index (χ0v) is 11.6. The van der Waals surface area contributed by atoms with Gasteiger partial charge in [0.1, 0.15) is 0 Å². The summed E-state index contributed by atoms with van der Waals surface area (Å²) < 4.78 is 11.9. The standard InChI is InChI=1S/C16H14O3S/c17-15(13-7-3-1-4-8-13)11-20(19)12-16(18)14-9-5-2-6-10-14/h1-10H,11-12H2. The van der Waals surface area contributed by atoms with Crippen molar-refractivity contribution in [2.24, 2.45) is 0 Å². The molecule has 2 aromatic rings. The lowest BCUT2D eigenvalue weighted by atomic mass is 10.1. The molecule has 4 heteroatoms. The number of Topliss-reactive ketones (excluding diaryl/α,β-unsaturated/α-hetero) is 2. The highest BCUT2D eigenvalue weighted by molar-refractivity contribution is 7.86. The molecule has 2 aromatic carbocycles. The topological polar surface area (TPSA) is 51.2 Å². The van der Waals surface area contributed by atoms with Gasteiger partial charge in [0.05, 0.1) is 11.5 Å². The van der Waals surface area contributed by atoms with Gasteiger partial charge in [-0.05, 0) is 0 Å². The number of benzene rings is 2. The summed E-state index contributed by atoms with van der Waals surface area (Å²) in [6.07, 6.45) is 0. The smallest absolute Gasteiger partial charge is 0.175 e. The molecule has 0 atom stereocenters. The molecule has 0 aliphatic rings. The summed E-state index contributed by atoms with van der Waals surface area (Å²) in [6.45, 7) is 0. The zero-order chi connectivity index (χ0) is 14.4. The van der Waals surface area contributed by atoms with Gasteiger partial charge in [0, 0.05) is 21.9 Å². The molecule has 0 radical (unpaired) electrons. The van der Waals surface area contributed by atoms with Crippen LogP contribution in [0.25, 0.3) is 0 Å². The van der Waals surface area contributed by atoms with Crippen LogP contribution in [0.15, 0.2) is 60.7 Å². The molecule has 0 heterocycles. The maximum absolute atomic E-state index is 11.9. The van der Waals surface area contributed by atoms with Gasteiger partial charge in [-0.1, -0.05) is 60.7 Å². The van der Waals surface area contributed by atoms with Crippen LogP contribution in [0.3, 0.4) is 0 Å². The number of carbonyl (C=O) groups is 2. The number of ketones is 2. The lowest BCUT2D eigenvalue weighted by Crippen LogP contribution is -2.18. The van der Waals surface area contributed by atoms with Gasteiger partial charge in [0.2, 0.25) is 0 Å². The van der Waals surface area contributed by atoms with Crippen LogP contribution in [-0.2, 0) is 10.8 Å². The van der Waals surface area contributed by atoms with Gasteiger partial charge >= 0.3 is 0 Å². The largest absolute Gasteiger partial charge is 0.293 e. The van der Waals surface area contributed by atoms with Crippen molar-refractivity contribution < 1.29 is 13.8 Å². The highest BCUT2D eigenvalue weighted by Gasteiger charge is 2.14. The molecule has 0 saturated heterocycles. The van der Waals surface area contributed by atoms with E-state index >= 15 is 0 Å². The van der Waals surface area contributed by atoms with Gasteiger partial charge in [-0.15, -0.1) is 0 Å². The summed E-state index contributed by atoms with van der Waals surface area (Å²) in [5.41, 5.74) is 1.04. The Bertz CT molecular complexity index is 565. The molecule has 2 rings (SSSR count). The third-order valence-corrected chi connectivity index (χ3v) is 3.94. The van der Waals surface area contributed by atoms with Crippen molar-refractivity contribution in [3.05, 3.63) is 71.8 Å². The van der Waals surface area contributed by atoms with Crippen molar-refractivity contribution in [2.45, 2.75) is 0 Å². The molecule has 0 bridgehead atoms. The highest BCUT2D eigenvalue weighted by atomic mass is 32.2. The first-order valence-corrected chi connectivity index (χ1v) is 7.67. The van der Waals surface area contributed by atoms with Crippen LogP contribution in [0.5, 0.6) is 0 Å². The first kappa shape index (κ1) is 14.3. The SMILES string of the molecule is O=C(CS(=O)CC(=O)c1ccccc1)c1ccccc1. The summed E-state index contributed by atoms with van der Waals surface area (Å²) >= 11 is 0. The zero-order valence-electron chi connectivity index (χ0n) is 10.8. The Labute approximate surface area is 120 Å². The van der Waals surface area contributed by atoms with Crippen molar-refractivity contribution in [1.29, 1.82) is 0 Å². The molecule has 3 nitrogen and oxygen atoms in total. The number of hydrogen-bond donors (Lipinski definition) is 0. The van der Waals surface area contributed by atoms with E-state index in [0.717, 1.165) is 0 Å². The van der Waals surface area contributed by atoms with Crippen LogP contribution in [0.4, 0.5) is 0 Å². The van der Waals surface area contributed by atoms with Gasteiger partial charge in [-0.25, -0.2) is 0 Å². The van der Waals surface area contributed by atoms with Crippen molar-refractivity contribution in [1.82, 2.24) is 0 Å². The van der Waals surface area contributed by atoms with E-state index in [-0.39, 0.29) is 23.1 Å². The van der Waals surface area contributed by atoms with Crippen LogP contribution < -0.4 is 0 Å². The quantitative estimate of drug-likeness (QED) is 0.767. The van der Waals surface area contributed by atoms with Gasteiger partial charge in [-0.3, -0.25) is 13.8 Å². The number of hydrogen-bond acceptors (Lipinski definition) is 3. The second-order valence-corrected chi connectivity index (χ2v) is 5.76. The van der Waals surface area contributed by atoms with E-state index in [4.69, 9.17) is 0 Å². The fourth-order valence-corrected chi connectivity index (χ4v) is 2.78. The molecule has 0 N–H and O–H groups in total. The summed E-state index contributed by atoms with van der Waals surface area (Å²) in [7, 11) is -1.48. The molecular formula is C16H14O3S. The Morgan fingerprint density at radius 3 is 1.40 bits per heavy atom. The molecule has 0 fully saturated rings. The Morgan fingerprint density at radius 1 is 0.700 bits per heavy atom. The van der Waals surface area contributed by atoms with Gasteiger partial charge in [0.25, 0.3) is 0 Å². The number of carbonyl (C=O) groups excluding carboxylic acids is 2. The van der Waals surface area contributed by atoms with Crippen LogP contribution in [0, 0.1) is 0 Å². The maximum Gasteiger partial charge on any atom is 0.175 e. The predicted molar refractivity (Wildman–Crippen MR) is 79.4 cm³/mol. The van der Waals surface area contributed by atoms with E-state index in [1.54, 1.807) is 48.5 Å². The summed E-state index contributed by atoms with van der Waals surface area (Å²) in [4.78, 5) is 23.7. The Kier molecular flexibility index (Phi) is 4.96. The Balaban J connectivity index is 1.93. The van der Waals surface area contributed by atoms with Crippen LogP contribution >= 0.6 is 0 Å². The minimum absolute atomic E-state index is 0.122. The van der Waals surface area contributed by atoms with Crippen molar-refractivity contribution in [3.8, 4) is 0 Å². The van der Waals surface area contributed by atoms with E-state index in [0.29, 0.717) is 11.1 Å². The van der Waals surface area contributed by atoms with Crippen molar-refractivity contribution in [3.63, 3.8) is 0 Å². The maximum atomic E-state index is 11.9. The number of rotatable bonds is 6. The molecule has 20 heavy (non-hydrogen) atoms. The molecule has 0 spiro atoms. The van der Waals surface area contributed by atoms with E-state index in [1.165, 1.54) is 0 Å². The third kappa shape index (κ3) is 3.96. The van der Waals surface area contributed by atoms with Crippen molar-refractivity contribution in [2.75, 3.05) is 11.5 Å². The molecule has 0 aromatic heterocycles. The predicted octanol–water partition coefficient (Wildman–Crippen LogP) is 2.50. The average molecular weight is 286 g/mol. The molecule has 0 aliphatic heterocycles. The van der Waals surface area contributed by atoms with Gasteiger partial charge in [0.15, 0.2) is 11.6 Å². The first-order valence-electron chi connectivity index (χ1n) is 6.18. The molecule has 0 aliphatic carbocycles. The Hall–Kier alpha value is -2.07. The molecular weight excluding hydrogens is 272 g/mol. The molecule has 102 valence electrons. The second kappa shape index (κ2) is 6.91. The lowest BCUT2D eigenvalue weighted by Gasteiger charge is -2.02. The summed E-state index contributed by atoms with van der Waals surface area (Å²) in [5.74, 6) is -0.653. The lowest BCUT2D eigenvalue weighted by molar-refractivity contribution is 0.102. The van der Waals surface area contributed by atoms with Crippen LogP contribution in [0.2, 0.25) is 0 Å². The summed E-state index contributed by atoms with van der Waals surface area (Å²) in [5, 5.41) is 0. The minimum atomic E-state index is -1.48. The first-order chi connectivity index (χ1) is 9.66. The Morgan fingerprint density at radius 2 is 1.05 bits per heavy atom. The third-order valence-electron chi connectivity index (χ3n) is 2.78. The molecule has 0 saturated carbocycles. The highest BCUT2D eigenvalue weighted by Crippen LogP contribution is 2.04. The normalized spacial score (nSPS) is 10.4. The molecule has 0 unspecified atom stereocenters. The van der Waals surface area contributed by atoms with Crippen molar-refractivity contribution >= 4 is 22.4 Å². The van der Waals surface area contributed by atoms with E-state index in [9.17, 15) is 13.8 Å². The second-order valence-electron chi connectivity index (χ2n) is 4.31. The van der Waals surface area contributed by atoms with E-state index in [1.807, 2.05) is 12.1 Å².